The topological polar surface area (TPSA) is 126 Å². The molecular weight excluding hydrogens is 536 g/mol. The predicted octanol–water partition coefficient (Wildman–Crippen LogP) is 2.43. The number of aromatic nitrogens is 1. The lowest BCUT2D eigenvalue weighted by Crippen LogP contribution is -2.52. The highest BCUT2D eigenvalue weighted by molar-refractivity contribution is 9.10. The van der Waals surface area contributed by atoms with E-state index in [1.807, 2.05) is 18.2 Å². The first-order valence-electron chi connectivity index (χ1n) is 11.3. The molecule has 3 heterocycles. The Morgan fingerprint density at radius 2 is 1.86 bits per heavy atom. The van der Waals surface area contributed by atoms with Crippen molar-refractivity contribution in [1.82, 2.24) is 14.2 Å². The average Bonchev–Trinajstić information content (AvgIpc) is 3.50. The molecule has 2 aliphatic rings. The number of carbonyl (C=O) groups is 2. The smallest absolute Gasteiger partial charge is 0.266 e. The number of morpholine rings is 1. The summed E-state index contributed by atoms with van der Waals surface area (Å²) in [4.78, 5) is 29.8. The second-order valence-electron chi connectivity index (χ2n) is 8.79. The van der Waals surface area contributed by atoms with Gasteiger partial charge in [0.1, 0.15) is 16.7 Å². The van der Waals surface area contributed by atoms with E-state index in [4.69, 9.17) is 10.5 Å². The van der Waals surface area contributed by atoms with Gasteiger partial charge in [0, 0.05) is 47.5 Å². The van der Waals surface area contributed by atoms with Crippen LogP contribution < -0.4 is 5.73 Å². The molecule has 0 radical (unpaired) electrons. The highest BCUT2D eigenvalue weighted by Gasteiger charge is 2.40. The molecule has 2 aliphatic heterocycles. The summed E-state index contributed by atoms with van der Waals surface area (Å²) in [6, 6.07) is 15.1. The van der Waals surface area contributed by atoms with E-state index in [0.29, 0.717) is 28.5 Å². The van der Waals surface area contributed by atoms with Gasteiger partial charge in [0.15, 0.2) is 0 Å². The minimum Gasteiger partial charge on any atom is -0.366 e. The summed E-state index contributed by atoms with van der Waals surface area (Å²) in [7, 11) is -4.15. The van der Waals surface area contributed by atoms with Crippen molar-refractivity contribution in [2.45, 2.75) is 23.3 Å². The SMILES string of the molecule is NC(=O)c1[nH]c2ccc(Br)cc2c1S(=O)(=O)N1CCOC(C(=O)N2CCC(c3ccccc3)C2)C1. The highest BCUT2D eigenvalue weighted by Crippen LogP contribution is 2.33. The molecule has 2 saturated heterocycles. The van der Waals surface area contributed by atoms with Crippen LogP contribution in [0.5, 0.6) is 0 Å². The molecule has 2 aromatic carbocycles. The quantitative estimate of drug-likeness (QED) is 0.495. The van der Waals surface area contributed by atoms with Crippen molar-refractivity contribution < 1.29 is 22.7 Å². The summed E-state index contributed by atoms with van der Waals surface area (Å²) in [5.41, 5.74) is 6.99. The van der Waals surface area contributed by atoms with Crippen molar-refractivity contribution >= 4 is 48.7 Å². The molecular formula is C24H25BrN4O5S. The van der Waals surface area contributed by atoms with Crippen LogP contribution in [0, 0.1) is 0 Å². The number of nitrogens with two attached hydrogens (primary N) is 1. The van der Waals surface area contributed by atoms with Crippen LogP contribution in [0.1, 0.15) is 28.4 Å². The van der Waals surface area contributed by atoms with Gasteiger partial charge in [-0.15, -0.1) is 0 Å². The van der Waals surface area contributed by atoms with Gasteiger partial charge in [-0.3, -0.25) is 9.59 Å². The molecule has 3 N–H and O–H groups in total. The Bertz CT molecular complexity index is 1390. The van der Waals surface area contributed by atoms with E-state index in [9.17, 15) is 18.0 Å². The Morgan fingerprint density at radius 3 is 2.60 bits per heavy atom. The molecule has 0 bridgehead atoms. The van der Waals surface area contributed by atoms with Gasteiger partial charge in [0.2, 0.25) is 10.0 Å². The summed E-state index contributed by atoms with van der Waals surface area (Å²) in [6.07, 6.45) is -0.0709. The third-order valence-electron chi connectivity index (χ3n) is 6.63. The van der Waals surface area contributed by atoms with Crippen molar-refractivity contribution in [2.75, 3.05) is 32.8 Å². The molecule has 0 saturated carbocycles. The van der Waals surface area contributed by atoms with Gasteiger partial charge in [0.25, 0.3) is 11.8 Å². The normalized spacial score (nSPS) is 21.5. The lowest BCUT2D eigenvalue weighted by molar-refractivity contribution is -0.146. The molecule has 0 spiro atoms. The second-order valence-corrected chi connectivity index (χ2v) is 11.6. The first-order chi connectivity index (χ1) is 16.8. The maximum absolute atomic E-state index is 13.7. The molecule has 2 amide bonds. The van der Waals surface area contributed by atoms with Gasteiger partial charge in [-0.25, -0.2) is 8.42 Å². The monoisotopic (exact) mass is 560 g/mol. The number of amides is 2. The Labute approximate surface area is 211 Å². The maximum atomic E-state index is 13.7. The first kappa shape index (κ1) is 24.0. The lowest BCUT2D eigenvalue weighted by atomic mass is 9.99. The van der Waals surface area contributed by atoms with Crippen molar-refractivity contribution in [3.05, 3.63) is 64.3 Å². The number of H-pyrrole nitrogens is 1. The Balaban J connectivity index is 1.38. The zero-order valence-corrected chi connectivity index (χ0v) is 21.2. The van der Waals surface area contributed by atoms with Gasteiger partial charge < -0.3 is 20.4 Å². The number of halogens is 1. The Kier molecular flexibility index (Phi) is 6.43. The van der Waals surface area contributed by atoms with Gasteiger partial charge in [0.05, 0.1) is 6.61 Å². The van der Waals surface area contributed by atoms with E-state index < -0.39 is 22.0 Å². The first-order valence-corrected chi connectivity index (χ1v) is 13.6. The van der Waals surface area contributed by atoms with Crippen LogP contribution in [0.3, 0.4) is 0 Å². The summed E-state index contributed by atoms with van der Waals surface area (Å²) in [6.45, 7) is 1.17. The average molecular weight is 561 g/mol. The molecule has 9 nitrogen and oxygen atoms in total. The predicted molar refractivity (Wildman–Crippen MR) is 133 cm³/mol. The fourth-order valence-electron chi connectivity index (χ4n) is 4.86. The highest BCUT2D eigenvalue weighted by atomic mass is 79.9. The molecule has 35 heavy (non-hydrogen) atoms. The van der Waals surface area contributed by atoms with Crippen molar-refractivity contribution in [1.29, 1.82) is 0 Å². The van der Waals surface area contributed by atoms with Gasteiger partial charge in [-0.2, -0.15) is 4.31 Å². The van der Waals surface area contributed by atoms with E-state index in [1.54, 1.807) is 23.1 Å². The van der Waals surface area contributed by atoms with E-state index >= 15 is 0 Å². The van der Waals surface area contributed by atoms with Crippen LogP contribution in [-0.4, -0.2) is 73.3 Å². The molecule has 11 heteroatoms. The third kappa shape index (κ3) is 4.49. The number of carbonyl (C=O) groups excluding carboxylic acids is 2. The van der Waals surface area contributed by atoms with Crippen molar-refractivity contribution in [3.63, 3.8) is 0 Å². The summed E-state index contributed by atoms with van der Waals surface area (Å²) in [5, 5.41) is 0.354. The van der Waals surface area contributed by atoms with Crippen LogP contribution in [0.25, 0.3) is 10.9 Å². The van der Waals surface area contributed by atoms with Gasteiger partial charge in [-0.05, 0) is 30.2 Å². The van der Waals surface area contributed by atoms with E-state index in [-0.39, 0.29) is 42.1 Å². The van der Waals surface area contributed by atoms with Crippen LogP contribution >= 0.6 is 15.9 Å². The summed E-state index contributed by atoms with van der Waals surface area (Å²) in [5.74, 6) is -0.854. The molecule has 2 unspecified atom stereocenters. The summed E-state index contributed by atoms with van der Waals surface area (Å²) < 4.78 is 35.0. The number of benzene rings is 2. The fourth-order valence-corrected chi connectivity index (χ4v) is 6.99. The minimum atomic E-state index is -4.15. The molecule has 2 atom stereocenters. The molecule has 0 aliphatic carbocycles. The number of sulfonamides is 1. The molecule has 184 valence electrons. The van der Waals surface area contributed by atoms with E-state index in [2.05, 4.69) is 33.0 Å². The zero-order chi connectivity index (χ0) is 24.7. The maximum Gasteiger partial charge on any atom is 0.266 e. The van der Waals surface area contributed by atoms with Gasteiger partial charge >= 0.3 is 0 Å². The number of rotatable bonds is 5. The minimum absolute atomic E-state index is 0.0671. The standard InChI is InChI=1S/C24H25BrN4O5S/c25-17-6-7-19-18(12-17)22(21(27-19)23(26)30)35(32,33)29-10-11-34-20(14-29)24(31)28-9-8-16(13-28)15-4-2-1-3-5-15/h1-7,12,16,20,27H,8-11,13-14H2,(H2,26,30). The Morgan fingerprint density at radius 1 is 1.09 bits per heavy atom. The van der Waals surface area contributed by atoms with Crippen molar-refractivity contribution in [3.8, 4) is 0 Å². The largest absolute Gasteiger partial charge is 0.366 e. The number of hydrogen-bond acceptors (Lipinski definition) is 5. The van der Waals surface area contributed by atoms with Crippen LogP contribution in [-0.2, 0) is 19.6 Å². The van der Waals surface area contributed by atoms with Crippen LogP contribution in [0.2, 0.25) is 0 Å². The number of nitrogens with one attached hydrogen (secondary N) is 1. The van der Waals surface area contributed by atoms with Gasteiger partial charge in [-0.1, -0.05) is 46.3 Å². The van der Waals surface area contributed by atoms with E-state index in [1.165, 1.54) is 9.87 Å². The summed E-state index contributed by atoms with van der Waals surface area (Å²) >= 11 is 3.35. The fraction of sp³-hybridized carbons (Fsp3) is 0.333. The molecule has 5 rings (SSSR count). The number of primary amides is 1. The molecule has 3 aromatic rings. The molecule has 2 fully saturated rings. The number of hydrogen-bond donors (Lipinski definition) is 2. The number of nitrogens with zero attached hydrogens (tertiary/aromatic N) is 2. The van der Waals surface area contributed by atoms with E-state index in [0.717, 1.165) is 6.42 Å². The number of aromatic amines is 1. The number of likely N-dealkylation sites (tertiary alicyclic amines) is 1. The third-order valence-corrected chi connectivity index (χ3v) is 9.08. The number of ether oxygens (including phenoxy) is 1. The van der Waals surface area contributed by atoms with Crippen molar-refractivity contribution in [2.24, 2.45) is 5.73 Å². The van der Waals surface area contributed by atoms with Crippen LogP contribution in [0.15, 0.2) is 57.9 Å². The molecule has 1 aromatic heterocycles. The number of fused-ring (bicyclic) bond motifs is 1. The van der Waals surface area contributed by atoms with Crippen LogP contribution in [0.4, 0.5) is 0 Å². The second kappa shape index (κ2) is 9.38. The lowest BCUT2D eigenvalue weighted by Gasteiger charge is -2.33. The zero-order valence-electron chi connectivity index (χ0n) is 18.8. The Hall–Kier alpha value is -2.73.